The maximum Gasteiger partial charge on any atom is 0.306 e. The van der Waals surface area contributed by atoms with Gasteiger partial charge in [0.1, 0.15) is 5.75 Å². The number of nitrogens with two attached hydrogens (primary N) is 2. The zero-order chi connectivity index (χ0) is 25.8. The van der Waals surface area contributed by atoms with Gasteiger partial charge in [0, 0.05) is 18.9 Å². The highest BCUT2D eigenvalue weighted by Crippen LogP contribution is 2.45. The van der Waals surface area contributed by atoms with Crippen molar-refractivity contribution < 1.29 is 19.2 Å². The Morgan fingerprint density at radius 3 is 2.69 bits per heavy atom. The molecule has 1 saturated carbocycles. The number of anilines is 1. The second-order valence-corrected chi connectivity index (χ2v) is 10.1. The van der Waals surface area contributed by atoms with Gasteiger partial charge in [-0.1, -0.05) is 20.8 Å². The Labute approximate surface area is 205 Å². The third-order valence-corrected chi connectivity index (χ3v) is 6.27. The molecule has 0 bridgehead atoms. The van der Waals surface area contributed by atoms with Crippen molar-refractivity contribution in [1.29, 1.82) is 0 Å². The molecule has 2 heterocycles. The summed E-state index contributed by atoms with van der Waals surface area (Å²) in [6, 6.07) is 3.60. The van der Waals surface area contributed by atoms with Crippen LogP contribution in [0.5, 0.6) is 5.75 Å². The van der Waals surface area contributed by atoms with Crippen LogP contribution < -0.4 is 21.6 Å². The number of nitrogens with zero attached hydrogens (tertiary/aromatic N) is 4. The number of aliphatic carboxylic acids is 1. The number of carboxylic acid groups (broad SMARTS) is 1. The van der Waals surface area contributed by atoms with Crippen LogP contribution in [0, 0.1) is 24.2 Å². The summed E-state index contributed by atoms with van der Waals surface area (Å²) < 4.78 is 11.3. The summed E-state index contributed by atoms with van der Waals surface area (Å²) in [5.41, 5.74) is 8.55. The Balaban J connectivity index is 1.64. The van der Waals surface area contributed by atoms with Crippen molar-refractivity contribution in [2.24, 2.45) is 28.8 Å². The molecule has 0 unspecified atom stereocenters. The van der Waals surface area contributed by atoms with E-state index < -0.39 is 5.97 Å². The molecule has 0 spiro atoms. The smallest absolute Gasteiger partial charge is 0.306 e. The highest BCUT2D eigenvalue weighted by atomic mass is 16.5. The zero-order valence-corrected chi connectivity index (χ0v) is 21.2. The second-order valence-electron chi connectivity index (χ2n) is 10.1. The average molecular weight is 488 g/mol. The Kier molecular flexibility index (Phi) is 8.21. The van der Waals surface area contributed by atoms with E-state index in [-0.39, 0.29) is 17.9 Å². The van der Waals surface area contributed by atoms with Gasteiger partial charge in [-0.15, -0.1) is 0 Å². The number of carbonyl (C=O) groups is 1. The number of ether oxygens (including phenoxy) is 1. The largest absolute Gasteiger partial charge is 0.491 e. The molecule has 3 rings (SSSR count). The van der Waals surface area contributed by atoms with Crippen LogP contribution in [0.25, 0.3) is 5.70 Å². The van der Waals surface area contributed by atoms with Gasteiger partial charge in [0.25, 0.3) is 5.95 Å². The topological polar surface area (TPSA) is 166 Å². The first-order chi connectivity index (χ1) is 16.5. The van der Waals surface area contributed by atoms with Crippen LogP contribution in [0.15, 0.2) is 22.4 Å². The molecule has 192 valence electrons. The molecule has 1 fully saturated rings. The summed E-state index contributed by atoms with van der Waals surface area (Å²) in [6.45, 7) is 8.89. The summed E-state index contributed by atoms with van der Waals surface area (Å²) in [5, 5.41) is 17.6. The molecule has 11 heteroatoms. The highest BCUT2D eigenvalue weighted by Gasteiger charge is 2.44. The second kappa shape index (κ2) is 10.9. The van der Waals surface area contributed by atoms with Crippen molar-refractivity contribution in [3.05, 3.63) is 35.1 Å². The first-order valence-corrected chi connectivity index (χ1v) is 11.8. The van der Waals surface area contributed by atoms with Crippen molar-refractivity contribution in [2.75, 3.05) is 25.5 Å². The van der Waals surface area contributed by atoms with Gasteiger partial charge in [-0.25, -0.2) is 10.8 Å². The molecule has 6 N–H and O–H groups in total. The maximum atomic E-state index is 11.1. The van der Waals surface area contributed by atoms with E-state index in [1.54, 1.807) is 13.1 Å². The maximum absolute atomic E-state index is 11.1. The summed E-state index contributed by atoms with van der Waals surface area (Å²) in [6.07, 6.45) is 2.92. The van der Waals surface area contributed by atoms with E-state index in [1.807, 2.05) is 19.9 Å². The molecular weight excluding hydrogens is 450 g/mol. The monoisotopic (exact) mass is 487 g/mol. The van der Waals surface area contributed by atoms with Crippen molar-refractivity contribution in [1.82, 2.24) is 20.1 Å². The van der Waals surface area contributed by atoms with Crippen LogP contribution >= 0.6 is 0 Å². The van der Waals surface area contributed by atoms with Crippen molar-refractivity contribution >= 4 is 17.6 Å². The van der Waals surface area contributed by atoms with Gasteiger partial charge in [0.15, 0.2) is 0 Å². The van der Waals surface area contributed by atoms with Crippen LogP contribution in [-0.2, 0) is 11.2 Å². The molecule has 1 aliphatic rings. The van der Waals surface area contributed by atoms with E-state index in [4.69, 9.17) is 25.9 Å². The minimum Gasteiger partial charge on any atom is -0.491 e. The van der Waals surface area contributed by atoms with Gasteiger partial charge in [-0.2, -0.15) is 4.98 Å². The number of aromatic nitrogens is 3. The molecule has 0 radical (unpaired) electrons. The van der Waals surface area contributed by atoms with E-state index in [0.717, 1.165) is 12.8 Å². The van der Waals surface area contributed by atoms with Crippen LogP contribution in [0.4, 0.5) is 5.95 Å². The average Bonchev–Trinajstić information content (AvgIpc) is 3.22. The van der Waals surface area contributed by atoms with E-state index in [1.165, 1.54) is 5.01 Å². The Morgan fingerprint density at radius 1 is 1.37 bits per heavy atom. The predicted molar refractivity (Wildman–Crippen MR) is 132 cm³/mol. The summed E-state index contributed by atoms with van der Waals surface area (Å²) in [4.78, 5) is 20.0. The number of hydrazine groups is 1. The van der Waals surface area contributed by atoms with Gasteiger partial charge in [0.05, 0.1) is 41.9 Å². The molecule has 35 heavy (non-hydrogen) atoms. The zero-order valence-electron chi connectivity index (χ0n) is 21.2. The van der Waals surface area contributed by atoms with Crippen LogP contribution in [-0.4, -0.2) is 51.4 Å². The SMILES string of the molecule is Cc1nc(/C(N)=C(\CNc2noc(CCC(C)C)n2)N(C)N)ccc1OCC1(C)CC(C(=O)O)C1. The third-order valence-electron chi connectivity index (χ3n) is 6.27. The lowest BCUT2D eigenvalue weighted by Crippen LogP contribution is -2.42. The first kappa shape index (κ1) is 26.3. The van der Waals surface area contributed by atoms with Gasteiger partial charge < -0.3 is 30.4 Å². The molecular formula is C24H37N7O4. The van der Waals surface area contributed by atoms with Crippen molar-refractivity contribution in [2.45, 2.75) is 53.4 Å². The number of nitrogens with one attached hydrogen (secondary N) is 1. The molecule has 0 atom stereocenters. The third kappa shape index (κ3) is 6.84. The van der Waals surface area contributed by atoms with E-state index in [0.29, 0.717) is 65.7 Å². The Bertz CT molecular complexity index is 1060. The first-order valence-electron chi connectivity index (χ1n) is 11.8. The Hall–Kier alpha value is -3.34. The molecule has 1 aliphatic carbocycles. The molecule has 11 nitrogen and oxygen atoms in total. The fourth-order valence-electron chi connectivity index (χ4n) is 4.09. The van der Waals surface area contributed by atoms with E-state index >= 15 is 0 Å². The van der Waals surface area contributed by atoms with Crippen LogP contribution in [0.3, 0.4) is 0 Å². The van der Waals surface area contributed by atoms with Gasteiger partial charge in [-0.05, 0) is 49.4 Å². The predicted octanol–water partition coefficient (Wildman–Crippen LogP) is 2.79. The Morgan fingerprint density at radius 2 is 2.09 bits per heavy atom. The summed E-state index contributed by atoms with van der Waals surface area (Å²) in [5.74, 6) is 7.17. The number of hydrogen-bond acceptors (Lipinski definition) is 10. The minimum atomic E-state index is -0.743. The van der Waals surface area contributed by atoms with Gasteiger partial charge in [-0.3, -0.25) is 4.79 Å². The molecule has 0 saturated heterocycles. The van der Waals surface area contributed by atoms with E-state index in [9.17, 15) is 4.79 Å². The van der Waals surface area contributed by atoms with E-state index in [2.05, 4.69) is 34.3 Å². The summed E-state index contributed by atoms with van der Waals surface area (Å²) in [7, 11) is 1.70. The number of hydrogen-bond donors (Lipinski definition) is 4. The number of carboxylic acids is 1. The lowest BCUT2D eigenvalue weighted by Gasteiger charge is -2.42. The fraction of sp³-hybridized carbons (Fsp3) is 0.583. The highest BCUT2D eigenvalue weighted by molar-refractivity contribution is 5.71. The molecule has 2 aromatic rings. The molecule has 0 aromatic carbocycles. The van der Waals surface area contributed by atoms with Crippen molar-refractivity contribution in [3.63, 3.8) is 0 Å². The minimum absolute atomic E-state index is 0.141. The standard InChI is InChI=1S/C24H37N7O4/c1-14(2)6-9-20-29-23(30-35-20)27-12-18(31(5)26)21(25)17-7-8-19(15(3)28-17)34-13-24(4)10-16(11-24)22(32)33/h7-8,14,16H,6,9-13,25-26H2,1-5H3,(H,27,30)(H,32,33)/b21-18-. The van der Waals surface area contributed by atoms with Gasteiger partial charge >= 0.3 is 5.97 Å². The van der Waals surface area contributed by atoms with Crippen molar-refractivity contribution in [3.8, 4) is 5.75 Å². The summed E-state index contributed by atoms with van der Waals surface area (Å²) >= 11 is 0. The number of rotatable bonds is 12. The number of pyridine rings is 1. The van der Waals surface area contributed by atoms with Crippen LogP contribution in [0.1, 0.15) is 57.3 Å². The number of likely N-dealkylation sites (N-methyl/N-ethyl adjacent to an activating group) is 1. The lowest BCUT2D eigenvalue weighted by atomic mass is 9.64. The molecule has 0 aliphatic heterocycles. The van der Waals surface area contributed by atoms with Crippen LogP contribution in [0.2, 0.25) is 0 Å². The number of aryl methyl sites for hydroxylation is 2. The molecule has 0 amide bonds. The normalized spacial score (nSPS) is 20.3. The lowest BCUT2D eigenvalue weighted by molar-refractivity contribution is -0.150. The van der Waals surface area contributed by atoms with Gasteiger partial charge in [0.2, 0.25) is 5.89 Å². The fourth-order valence-corrected chi connectivity index (χ4v) is 4.09. The quantitative estimate of drug-likeness (QED) is 0.257. The molecule has 2 aromatic heterocycles.